The Kier molecular flexibility index (Phi) is 8.62. The van der Waals surface area contributed by atoms with Gasteiger partial charge in [0.05, 0.1) is 30.4 Å². The normalized spacial score (nSPS) is 22.6. The van der Waals surface area contributed by atoms with Crippen LogP contribution in [0.4, 0.5) is 10.1 Å². The van der Waals surface area contributed by atoms with Crippen LogP contribution in [0.1, 0.15) is 58.1 Å². The topological polar surface area (TPSA) is 77.6 Å². The van der Waals surface area contributed by atoms with Crippen LogP contribution in [-0.2, 0) is 9.53 Å². The van der Waals surface area contributed by atoms with Gasteiger partial charge in [-0.1, -0.05) is 13.8 Å². The van der Waals surface area contributed by atoms with Crippen molar-refractivity contribution in [3.8, 4) is 11.3 Å². The highest BCUT2D eigenvalue weighted by molar-refractivity contribution is 5.76. The van der Waals surface area contributed by atoms with Crippen LogP contribution < -0.4 is 4.90 Å². The highest BCUT2D eigenvalue weighted by Gasteiger charge is 2.48. The third-order valence-corrected chi connectivity index (χ3v) is 8.16. The summed E-state index contributed by atoms with van der Waals surface area (Å²) in [6.07, 6.45) is 8.23. The van der Waals surface area contributed by atoms with E-state index < -0.39 is 0 Å². The van der Waals surface area contributed by atoms with Crippen molar-refractivity contribution in [3.05, 3.63) is 30.0 Å². The fraction of sp³-hybridized carbons (Fsp3) is 0.667. The molecule has 36 heavy (non-hydrogen) atoms. The first-order valence-corrected chi connectivity index (χ1v) is 13.3. The number of likely N-dealkylation sites (tertiary alicyclic amines) is 1. The number of hydrogen-bond acceptors (Lipinski definition) is 7. The van der Waals surface area contributed by atoms with Gasteiger partial charge in [-0.3, -0.25) is 19.8 Å². The molecule has 2 unspecified atom stereocenters. The molecular weight excluding hydrogens is 459 g/mol. The molecule has 1 spiro atoms. The number of ether oxygens (including phenoxy) is 1. The Hall–Kier alpha value is -2.52. The molecule has 8 nitrogen and oxygen atoms in total. The van der Waals surface area contributed by atoms with Gasteiger partial charge in [-0.05, 0) is 51.0 Å². The molecule has 9 heteroatoms. The summed E-state index contributed by atoms with van der Waals surface area (Å²) in [7, 11) is 2.23. The maximum Gasteiger partial charge on any atom is 0.293 e. The molecule has 2 aromatic heterocycles. The van der Waals surface area contributed by atoms with Crippen LogP contribution >= 0.6 is 0 Å². The van der Waals surface area contributed by atoms with Crippen LogP contribution in [0.2, 0.25) is 0 Å². The molecule has 1 saturated carbocycles. The number of carbonyl (C=O) groups excluding carboxylic acids is 1. The van der Waals surface area contributed by atoms with Crippen LogP contribution in [0.15, 0.2) is 18.5 Å². The van der Waals surface area contributed by atoms with Gasteiger partial charge in [0, 0.05) is 62.6 Å². The maximum atomic E-state index is 14.2. The minimum absolute atomic E-state index is 0.276. The van der Waals surface area contributed by atoms with Crippen LogP contribution in [-0.4, -0.2) is 90.4 Å². The average molecular weight is 501 g/mol. The molecule has 5 rings (SSSR count). The summed E-state index contributed by atoms with van der Waals surface area (Å²) in [5.41, 5.74) is 4.41. The maximum absolute atomic E-state index is 14.2. The zero-order valence-corrected chi connectivity index (χ0v) is 22.2. The quantitative estimate of drug-likeness (QED) is 0.578. The van der Waals surface area contributed by atoms with E-state index in [1.807, 2.05) is 6.20 Å². The standard InChI is InChI=1S/C24H35FN6.C3H6O2/c1-4-17(2)22-20(14-27-28-22)23-21(11-18(25)13-26-23)31-9-7-30(8-10-31)19-5-6-24(12-19)15-29(3)16-24;1-2-5-3-4/h11,13-14,17,19H,4-10,12,15-16H2,1-3H3,(H,27,28);3H,2H2,1H3. The summed E-state index contributed by atoms with van der Waals surface area (Å²) in [5.74, 6) is 0.0795. The van der Waals surface area contributed by atoms with E-state index in [2.05, 4.69) is 55.5 Å². The lowest BCUT2D eigenvalue weighted by atomic mass is 9.78. The fourth-order valence-corrected chi connectivity index (χ4v) is 6.21. The van der Waals surface area contributed by atoms with Gasteiger partial charge in [-0.25, -0.2) is 4.39 Å². The van der Waals surface area contributed by atoms with Gasteiger partial charge >= 0.3 is 0 Å². The fourth-order valence-electron chi connectivity index (χ4n) is 6.21. The van der Waals surface area contributed by atoms with Crippen molar-refractivity contribution in [2.75, 3.05) is 57.8 Å². The number of halogens is 1. The molecule has 2 saturated heterocycles. The Morgan fingerprint density at radius 2 is 2.00 bits per heavy atom. The third-order valence-electron chi connectivity index (χ3n) is 8.16. The number of rotatable bonds is 7. The molecule has 0 bridgehead atoms. The van der Waals surface area contributed by atoms with Crippen molar-refractivity contribution in [1.82, 2.24) is 25.0 Å². The van der Waals surface area contributed by atoms with Gasteiger partial charge in [0.1, 0.15) is 5.82 Å². The lowest BCUT2D eigenvalue weighted by molar-refractivity contribution is -0.128. The summed E-state index contributed by atoms with van der Waals surface area (Å²) in [6, 6.07) is 2.37. The smallest absolute Gasteiger partial charge is 0.293 e. The number of anilines is 1. The molecule has 1 aliphatic carbocycles. The molecule has 3 fully saturated rings. The molecule has 4 heterocycles. The second kappa shape index (κ2) is 11.7. The number of pyridine rings is 1. The Labute approximate surface area is 214 Å². The van der Waals surface area contributed by atoms with Crippen LogP contribution in [0, 0.1) is 11.2 Å². The molecule has 0 radical (unpaired) electrons. The largest absolute Gasteiger partial charge is 0.468 e. The van der Waals surface area contributed by atoms with Gasteiger partial charge in [0.25, 0.3) is 6.47 Å². The minimum atomic E-state index is -0.276. The zero-order chi connectivity index (χ0) is 25.7. The van der Waals surface area contributed by atoms with Crippen molar-refractivity contribution in [1.29, 1.82) is 0 Å². The zero-order valence-electron chi connectivity index (χ0n) is 22.2. The van der Waals surface area contributed by atoms with E-state index >= 15 is 0 Å². The van der Waals surface area contributed by atoms with Crippen LogP contribution in [0.25, 0.3) is 11.3 Å². The predicted octanol–water partition coefficient (Wildman–Crippen LogP) is 3.91. The second-order valence-corrected chi connectivity index (χ2v) is 10.7. The van der Waals surface area contributed by atoms with Gasteiger partial charge in [-0.2, -0.15) is 5.10 Å². The van der Waals surface area contributed by atoms with E-state index in [4.69, 9.17) is 0 Å². The monoisotopic (exact) mass is 500 g/mol. The van der Waals surface area contributed by atoms with E-state index in [1.165, 1.54) is 38.5 Å². The first-order valence-electron chi connectivity index (χ1n) is 13.3. The molecule has 0 aromatic carbocycles. The molecule has 1 N–H and O–H groups in total. The first-order chi connectivity index (χ1) is 17.4. The summed E-state index contributed by atoms with van der Waals surface area (Å²) >= 11 is 0. The van der Waals surface area contributed by atoms with E-state index in [1.54, 1.807) is 13.0 Å². The number of H-pyrrole nitrogens is 1. The molecular formula is C27H41FN6O2. The molecule has 198 valence electrons. The summed E-state index contributed by atoms with van der Waals surface area (Å²) < 4.78 is 18.4. The lowest BCUT2D eigenvalue weighted by Gasteiger charge is -2.47. The lowest BCUT2D eigenvalue weighted by Crippen LogP contribution is -2.54. The first kappa shape index (κ1) is 26.5. The van der Waals surface area contributed by atoms with Gasteiger partial charge in [0.15, 0.2) is 0 Å². The van der Waals surface area contributed by atoms with E-state index in [0.717, 1.165) is 55.2 Å². The second-order valence-electron chi connectivity index (χ2n) is 10.7. The van der Waals surface area contributed by atoms with Gasteiger partial charge in [0.2, 0.25) is 0 Å². The number of nitrogens with zero attached hydrogens (tertiary/aromatic N) is 5. The van der Waals surface area contributed by atoms with Crippen molar-refractivity contribution < 1.29 is 13.9 Å². The van der Waals surface area contributed by atoms with E-state index in [0.29, 0.717) is 30.5 Å². The van der Waals surface area contributed by atoms with Crippen LogP contribution in [0.3, 0.4) is 0 Å². The number of piperazine rings is 1. The Morgan fingerprint density at radius 1 is 1.25 bits per heavy atom. The summed E-state index contributed by atoms with van der Waals surface area (Å²) in [5, 5.41) is 7.44. The van der Waals surface area contributed by atoms with Gasteiger partial charge in [-0.15, -0.1) is 0 Å². The molecule has 2 aliphatic heterocycles. The Balaban J connectivity index is 0.000000556. The molecule has 2 aromatic rings. The molecule has 2 atom stereocenters. The van der Waals surface area contributed by atoms with Crippen LogP contribution in [0.5, 0.6) is 0 Å². The SMILES string of the molecule is CCC(C)c1[nH]ncc1-c1ncc(F)cc1N1CCN(C2CCC3(C2)CN(C)C3)CC1.CCOC=O. The predicted molar refractivity (Wildman–Crippen MR) is 140 cm³/mol. The average Bonchev–Trinajstić information content (AvgIpc) is 3.53. The summed E-state index contributed by atoms with van der Waals surface area (Å²) in [6.45, 7) is 13.5. The van der Waals surface area contributed by atoms with E-state index in [9.17, 15) is 9.18 Å². The van der Waals surface area contributed by atoms with Crippen molar-refractivity contribution in [3.63, 3.8) is 0 Å². The Bertz CT molecular complexity index is 1000. The van der Waals surface area contributed by atoms with Gasteiger partial charge < -0.3 is 14.5 Å². The molecule has 0 amide bonds. The number of carbonyl (C=O) groups is 1. The minimum Gasteiger partial charge on any atom is -0.468 e. The van der Waals surface area contributed by atoms with E-state index in [-0.39, 0.29) is 5.82 Å². The third kappa shape index (κ3) is 5.72. The number of aromatic amines is 1. The Morgan fingerprint density at radius 3 is 2.61 bits per heavy atom. The van der Waals surface area contributed by atoms with Crippen molar-refractivity contribution in [2.45, 2.75) is 58.4 Å². The van der Waals surface area contributed by atoms with Crippen molar-refractivity contribution in [2.24, 2.45) is 5.41 Å². The summed E-state index contributed by atoms with van der Waals surface area (Å²) in [4.78, 5) is 21.1. The number of nitrogens with one attached hydrogen (secondary N) is 1. The molecule has 3 aliphatic rings. The highest BCUT2D eigenvalue weighted by Crippen LogP contribution is 2.46. The highest BCUT2D eigenvalue weighted by atomic mass is 19.1. The number of aromatic nitrogens is 3. The van der Waals surface area contributed by atoms with Crippen molar-refractivity contribution >= 4 is 12.2 Å². The number of hydrogen-bond donors (Lipinski definition) is 1.